The SMILES string of the molecule is C=CCOc1ccc(-c2ccc3c(F)c(CCc4cc(F)c(OC(F)F)c(F)c4)ccc3c2)nc1. The molecule has 0 aliphatic rings. The molecule has 0 amide bonds. The summed E-state index contributed by atoms with van der Waals surface area (Å²) in [6, 6.07) is 14.0. The highest BCUT2D eigenvalue weighted by Crippen LogP contribution is 2.29. The van der Waals surface area contributed by atoms with Crippen molar-refractivity contribution in [1.29, 1.82) is 0 Å². The van der Waals surface area contributed by atoms with Gasteiger partial charge in [0.05, 0.1) is 11.9 Å². The summed E-state index contributed by atoms with van der Waals surface area (Å²) in [6.07, 6.45) is 3.50. The molecule has 4 rings (SSSR count). The quantitative estimate of drug-likeness (QED) is 0.185. The largest absolute Gasteiger partial charge is 0.488 e. The first-order valence-corrected chi connectivity index (χ1v) is 10.7. The fourth-order valence-corrected chi connectivity index (χ4v) is 3.72. The molecule has 1 aromatic heterocycles. The van der Waals surface area contributed by atoms with Crippen molar-refractivity contribution in [3.8, 4) is 22.8 Å². The Kier molecular flexibility index (Phi) is 7.29. The number of nitrogens with zero attached hydrogens (tertiary/aromatic N) is 1. The van der Waals surface area contributed by atoms with Gasteiger partial charge in [0.1, 0.15) is 18.2 Å². The molecule has 8 heteroatoms. The molecule has 1 heterocycles. The summed E-state index contributed by atoms with van der Waals surface area (Å²) in [4.78, 5) is 4.38. The van der Waals surface area contributed by atoms with Gasteiger partial charge in [0, 0.05) is 10.9 Å². The molecule has 4 aromatic rings. The Labute approximate surface area is 198 Å². The number of rotatable bonds is 9. The molecule has 35 heavy (non-hydrogen) atoms. The van der Waals surface area contributed by atoms with E-state index in [0.29, 0.717) is 34.4 Å². The molecular weight excluding hydrogens is 465 g/mol. The maximum Gasteiger partial charge on any atom is 0.387 e. The van der Waals surface area contributed by atoms with E-state index in [9.17, 15) is 17.6 Å². The fraction of sp³-hybridized carbons (Fsp3) is 0.148. The molecule has 0 radical (unpaired) electrons. The van der Waals surface area contributed by atoms with E-state index in [1.54, 1.807) is 48.7 Å². The van der Waals surface area contributed by atoms with E-state index in [1.165, 1.54) is 0 Å². The van der Waals surface area contributed by atoms with Crippen molar-refractivity contribution in [1.82, 2.24) is 4.98 Å². The van der Waals surface area contributed by atoms with Crippen LogP contribution in [-0.4, -0.2) is 18.2 Å². The number of fused-ring (bicyclic) bond motifs is 1. The normalized spacial score (nSPS) is 11.1. The van der Waals surface area contributed by atoms with Gasteiger partial charge in [0.25, 0.3) is 0 Å². The molecule has 180 valence electrons. The zero-order valence-electron chi connectivity index (χ0n) is 18.4. The standard InChI is InChI=1S/C27H20F5NO2/c1-2-11-34-20-8-10-24(33-15-20)19-7-9-21-18(14-19)6-5-17(25(21)30)4-3-16-12-22(28)26(23(29)13-16)35-27(31)32/h2,5-10,12-15,27H,1,3-4,11H2. The number of hydrogen-bond acceptors (Lipinski definition) is 3. The van der Waals surface area contributed by atoms with Gasteiger partial charge in [0.2, 0.25) is 0 Å². The van der Waals surface area contributed by atoms with Crippen molar-refractivity contribution in [2.24, 2.45) is 0 Å². The molecule has 0 saturated carbocycles. The summed E-state index contributed by atoms with van der Waals surface area (Å²) < 4.78 is 76.9. The summed E-state index contributed by atoms with van der Waals surface area (Å²) in [5.41, 5.74) is 2.06. The number of hydrogen-bond donors (Lipinski definition) is 0. The van der Waals surface area contributed by atoms with E-state index in [4.69, 9.17) is 4.74 Å². The predicted molar refractivity (Wildman–Crippen MR) is 123 cm³/mol. The minimum absolute atomic E-state index is 0.105. The Hall–Kier alpha value is -3.94. The summed E-state index contributed by atoms with van der Waals surface area (Å²) in [7, 11) is 0. The summed E-state index contributed by atoms with van der Waals surface area (Å²) in [5, 5.41) is 1.07. The van der Waals surface area contributed by atoms with Crippen molar-refractivity contribution >= 4 is 10.8 Å². The lowest BCUT2D eigenvalue weighted by atomic mass is 9.98. The first kappa shape index (κ1) is 24.2. The van der Waals surface area contributed by atoms with Crippen LogP contribution >= 0.6 is 0 Å². The second-order valence-corrected chi connectivity index (χ2v) is 7.72. The monoisotopic (exact) mass is 485 g/mol. The van der Waals surface area contributed by atoms with Gasteiger partial charge >= 0.3 is 6.61 Å². The van der Waals surface area contributed by atoms with Crippen LogP contribution in [-0.2, 0) is 12.8 Å². The van der Waals surface area contributed by atoms with Crippen LogP contribution in [0, 0.1) is 17.5 Å². The lowest BCUT2D eigenvalue weighted by Crippen LogP contribution is -2.06. The zero-order valence-corrected chi connectivity index (χ0v) is 18.4. The maximum absolute atomic E-state index is 15.2. The van der Waals surface area contributed by atoms with Gasteiger partial charge < -0.3 is 9.47 Å². The van der Waals surface area contributed by atoms with Crippen LogP contribution in [0.4, 0.5) is 22.0 Å². The molecule has 0 bridgehead atoms. The molecule has 0 N–H and O–H groups in total. The van der Waals surface area contributed by atoms with E-state index in [0.717, 1.165) is 17.7 Å². The van der Waals surface area contributed by atoms with Gasteiger partial charge in [-0.2, -0.15) is 8.78 Å². The molecule has 0 aliphatic heterocycles. The van der Waals surface area contributed by atoms with Crippen LogP contribution in [0.25, 0.3) is 22.0 Å². The molecule has 0 unspecified atom stereocenters. The number of benzene rings is 3. The molecule has 0 spiro atoms. The van der Waals surface area contributed by atoms with Gasteiger partial charge in [-0.15, -0.1) is 0 Å². The van der Waals surface area contributed by atoms with Gasteiger partial charge in [-0.05, 0) is 59.7 Å². The lowest BCUT2D eigenvalue weighted by Gasteiger charge is -2.11. The fourth-order valence-electron chi connectivity index (χ4n) is 3.72. The van der Waals surface area contributed by atoms with Crippen LogP contribution in [0.1, 0.15) is 11.1 Å². The van der Waals surface area contributed by atoms with Crippen LogP contribution in [0.3, 0.4) is 0 Å². The van der Waals surface area contributed by atoms with Crippen LogP contribution < -0.4 is 9.47 Å². The van der Waals surface area contributed by atoms with Crippen LogP contribution in [0.15, 0.2) is 73.4 Å². The summed E-state index contributed by atoms with van der Waals surface area (Å²) in [6.45, 7) is 0.627. The van der Waals surface area contributed by atoms with Crippen molar-refractivity contribution in [2.75, 3.05) is 6.61 Å². The number of ether oxygens (including phenoxy) is 2. The topological polar surface area (TPSA) is 31.4 Å². The zero-order chi connectivity index (χ0) is 24.9. The number of pyridine rings is 1. The third-order valence-electron chi connectivity index (χ3n) is 5.38. The van der Waals surface area contributed by atoms with E-state index in [2.05, 4.69) is 16.3 Å². The molecule has 0 saturated heterocycles. The summed E-state index contributed by atoms with van der Waals surface area (Å²) in [5.74, 6) is -3.43. The van der Waals surface area contributed by atoms with Crippen molar-refractivity contribution in [3.63, 3.8) is 0 Å². The predicted octanol–water partition coefficient (Wildman–Crippen LogP) is 7.27. The highest BCUT2D eigenvalue weighted by Gasteiger charge is 2.17. The number of alkyl halides is 2. The highest BCUT2D eigenvalue weighted by molar-refractivity contribution is 5.88. The van der Waals surface area contributed by atoms with Crippen molar-refractivity contribution in [3.05, 3.63) is 102 Å². The van der Waals surface area contributed by atoms with Gasteiger partial charge in [0.15, 0.2) is 17.4 Å². The minimum atomic E-state index is -3.34. The molecule has 0 fully saturated rings. The van der Waals surface area contributed by atoms with Gasteiger partial charge in [-0.1, -0.05) is 36.9 Å². The Morgan fingerprint density at radius 1 is 0.914 bits per heavy atom. The van der Waals surface area contributed by atoms with Gasteiger partial charge in [-0.25, -0.2) is 13.2 Å². The third kappa shape index (κ3) is 5.59. The first-order chi connectivity index (χ1) is 16.9. The second kappa shape index (κ2) is 10.5. The van der Waals surface area contributed by atoms with E-state index in [1.807, 2.05) is 6.07 Å². The second-order valence-electron chi connectivity index (χ2n) is 7.72. The number of aryl methyl sites for hydroxylation is 2. The lowest BCUT2D eigenvalue weighted by molar-refractivity contribution is -0.0546. The first-order valence-electron chi connectivity index (χ1n) is 10.7. The van der Waals surface area contributed by atoms with E-state index in [-0.39, 0.29) is 18.4 Å². The average Bonchev–Trinajstić information content (AvgIpc) is 2.84. The summed E-state index contributed by atoms with van der Waals surface area (Å²) >= 11 is 0. The Morgan fingerprint density at radius 3 is 2.34 bits per heavy atom. The van der Waals surface area contributed by atoms with Gasteiger partial charge in [-0.3, -0.25) is 4.98 Å². The molecule has 3 aromatic carbocycles. The smallest absolute Gasteiger partial charge is 0.387 e. The van der Waals surface area contributed by atoms with Crippen LogP contribution in [0.5, 0.6) is 11.5 Å². The van der Waals surface area contributed by atoms with E-state index >= 15 is 4.39 Å². The Morgan fingerprint density at radius 2 is 1.69 bits per heavy atom. The average molecular weight is 485 g/mol. The maximum atomic E-state index is 15.2. The Balaban J connectivity index is 1.51. The number of aromatic nitrogens is 1. The van der Waals surface area contributed by atoms with Crippen molar-refractivity contribution < 1.29 is 31.4 Å². The molecular formula is C27H20F5NO2. The molecule has 0 aliphatic carbocycles. The Bertz CT molecular complexity index is 1330. The van der Waals surface area contributed by atoms with Crippen molar-refractivity contribution in [2.45, 2.75) is 19.5 Å². The molecule has 0 atom stereocenters. The van der Waals surface area contributed by atoms with E-state index < -0.39 is 29.8 Å². The highest BCUT2D eigenvalue weighted by atomic mass is 19.3. The third-order valence-corrected chi connectivity index (χ3v) is 5.38. The minimum Gasteiger partial charge on any atom is -0.488 e. The number of halogens is 5. The molecule has 3 nitrogen and oxygen atoms in total. The van der Waals surface area contributed by atoms with Crippen LogP contribution in [0.2, 0.25) is 0 Å².